The van der Waals surface area contributed by atoms with Gasteiger partial charge in [-0.05, 0) is 19.3 Å². The topological polar surface area (TPSA) is 48.1 Å². The number of nitrogens with two attached hydrogens (primary N) is 1. The summed E-state index contributed by atoms with van der Waals surface area (Å²) in [6.07, 6.45) is -0.817. The summed E-state index contributed by atoms with van der Waals surface area (Å²) in [5.74, 6) is -3.91. The third-order valence-corrected chi connectivity index (χ3v) is 4.34. The van der Waals surface area contributed by atoms with Gasteiger partial charge in [0.15, 0.2) is 0 Å². The molecule has 0 amide bonds. The average molecular weight is 312 g/mol. The molecule has 20 heavy (non-hydrogen) atoms. The van der Waals surface area contributed by atoms with E-state index < -0.39 is 19.0 Å². The predicted molar refractivity (Wildman–Crippen MR) is 67.5 cm³/mol. The summed E-state index contributed by atoms with van der Waals surface area (Å²) < 4.78 is 54.0. The van der Waals surface area contributed by atoms with Crippen molar-refractivity contribution in [3.05, 3.63) is 15.6 Å². The molecule has 2 rings (SSSR count). The molecule has 1 aliphatic rings. The highest BCUT2D eigenvalue weighted by molar-refractivity contribution is 7.11. The van der Waals surface area contributed by atoms with Gasteiger partial charge < -0.3 is 10.5 Å². The monoisotopic (exact) mass is 312 g/mol. The molecular formula is C12H16F4N2OS. The first-order valence-electron chi connectivity index (χ1n) is 6.36. The summed E-state index contributed by atoms with van der Waals surface area (Å²) in [7, 11) is 0. The molecule has 0 spiro atoms. The van der Waals surface area contributed by atoms with Crippen LogP contribution in [0, 0.1) is 0 Å². The van der Waals surface area contributed by atoms with E-state index in [0.717, 1.165) is 29.8 Å². The molecule has 0 aliphatic heterocycles. The summed E-state index contributed by atoms with van der Waals surface area (Å²) in [6, 6.07) is 0. The number of aromatic nitrogens is 1. The number of fused-ring (bicyclic) bond motifs is 1. The van der Waals surface area contributed by atoms with Crippen molar-refractivity contribution in [3.63, 3.8) is 0 Å². The average Bonchev–Trinajstić information content (AvgIpc) is 2.80. The number of ether oxygens (including phenoxy) is 1. The smallest absolute Gasteiger partial charge is 0.330 e. The van der Waals surface area contributed by atoms with E-state index in [1.54, 1.807) is 0 Å². The van der Waals surface area contributed by atoms with Gasteiger partial charge in [0.05, 0.1) is 12.3 Å². The van der Waals surface area contributed by atoms with Crippen molar-refractivity contribution in [3.8, 4) is 0 Å². The molecular weight excluding hydrogens is 296 g/mol. The van der Waals surface area contributed by atoms with Crippen LogP contribution in [-0.2, 0) is 17.8 Å². The lowest BCUT2D eigenvalue weighted by Crippen LogP contribution is -2.32. The van der Waals surface area contributed by atoms with Crippen molar-refractivity contribution in [2.24, 2.45) is 5.73 Å². The van der Waals surface area contributed by atoms with Gasteiger partial charge in [-0.3, -0.25) is 0 Å². The molecule has 114 valence electrons. The molecule has 0 bridgehead atoms. The molecule has 0 fully saturated rings. The SMILES string of the molecule is NCC1CCCc2sc(COCC(F)(F)C(F)F)nc21. The maximum Gasteiger partial charge on any atom is 0.330 e. The van der Waals surface area contributed by atoms with Crippen molar-refractivity contribution in [2.45, 2.75) is 44.1 Å². The Bertz CT molecular complexity index is 453. The van der Waals surface area contributed by atoms with Crippen molar-refractivity contribution in [1.29, 1.82) is 0 Å². The quantitative estimate of drug-likeness (QED) is 0.822. The van der Waals surface area contributed by atoms with E-state index in [1.807, 2.05) is 0 Å². The van der Waals surface area contributed by atoms with Gasteiger partial charge >= 0.3 is 12.3 Å². The van der Waals surface area contributed by atoms with Gasteiger partial charge in [-0.15, -0.1) is 11.3 Å². The first-order valence-corrected chi connectivity index (χ1v) is 7.18. The molecule has 0 saturated carbocycles. The fourth-order valence-corrected chi connectivity index (χ4v) is 3.32. The Morgan fingerprint density at radius 1 is 1.45 bits per heavy atom. The number of nitrogens with zero attached hydrogens (tertiary/aromatic N) is 1. The van der Waals surface area contributed by atoms with Gasteiger partial charge in [-0.1, -0.05) is 0 Å². The minimum absolute atomic E-state index is 0.169. The van der Waals surface area contributed by atoms with E-state index in [1.165, 1.54) is 11.3 Å². The second kappa shape index (κ2) is 6.36. The van der Waals surface area contributed by atoms with Crippen molar-refractivity contribution in [1.82, 2.24) is 4.98 Å². The van der Waals surface area contributed by atoms with Gasteiger partial charge in [-0.25, -0.2) is 13.8 Å². The molecule has 1 aliphatic carbocycles. The van der Waals surface area contributed by atoms with E-state index in [4.69, 9.17) is 5.73 Å². The minimum Gasteiger partial charge on any atom is -0.368 e. The standard InChI is InChI=1S/C12H16F4N2OS/c13-11(14)12(15,16)6-19-5-9-18-10-7(4-17)2-1-3-8(10)20-9/h7,11H,1-6,17H2. The maximum atomic E-state index is 12.7. The molecule has 1 aromatic heterocycles. The van der Waals surface area contributed by atoms with Crippen LogP contribution < -0.4 is 5.73 Å². The molecule has 3 nitrogen and oxygen atoms in total. The van der Waals surface area contributed by atoms with Crippen LogP contribution in [0.1, 0.15) is 34.3 Å². The van der Waals surface area contributed by atoms with E-state index in [9.17, 15) is 17.6 Å². The van der Waals surface area contributed by atoms with Gasteiger partial charge in [0.1, 0.15) is 11.6 Å². The first-order chi connectivity index (χ1) is 9.44. The van der Waals surface area contributed by atoms with Gasteiger partial charge in [-0.2, -0.15) is 8.78 Å². The van der Waals surface area contributed by atoms with Gasteiger partial charge in [0.25, 0.3) is 0 Å². The van der Waals surface area contributed by atoms with Crippen LogP contribution >= 0.6 is 11.3 Å². The number of alkyl halides is 4. The Hall–Kier alpha value is -0.730. The zero-order valence-corrected chi connectivity index (χ0v) is 11.6. The van der Waals surface area contributed by atoms with Crippen LogP contribution in [-0.4, -0.2) is 30.5 Å². The lowest BCUT2D eigenvalue weighted by molar-refractivity contribution is -0.168. The Balaban J connectivity index is 1.93. The largest absolute Gasteiger partial charge is 0.368 e. The van der Waals surface area contributed by atoms with Crippen LogP contribution in [0.2, 0.25) is 0 Å². The molecule has 0 saturated heterocycles. The maximum absolute atomic E-state index is 12.7. The molecule has 1 heterocycles. The second-order valence-electron chi connectivity index (χ2n) is 4.80. The van der Waals surface area contributed by atoms with Crippen LogP contribution in [0.5, 0.6) is 0 Å². The molecule has 0 aromatic carbocycles. The van der Waals surface area contributed by atoms with E-state index >= 15 is 0 Å². The number of hydrogen-bond acceptors (Lipinski definition) is 4. The van der Waals surface area contributed by atoms with Crippen LogP contribution in [0.15, 0.2) is 0 Å². The summed E-state index contributed by atoms with van der Waals surface area (Å²) in [6.45, 7) is -0.965. The van der Waals surface area contributed by atoms with E-state index in [-0.39, 0.29) is 12.5 Å². The number of hydrogen-bond donors (Lipinski definition) is 1. The first kappa shape index (κ1) is 15.7. The minimum atomic E-state index is -4.11. The third-order valence-electron chi connectivity index (χ3n) is 3.24. The molecule has 1 unspecified atom stereocenters. The van der Waals surface area contributed by atoms with Gasteiger partial charge in [0.2, 0.25) is 0 Å². The molecule has 0 radical (unpaired) electrons. The highest BCUT2D eigenvalue weighted by atomic mass is 32.1. The zero-order chi connectivity index (χ0) is 14.8. The third kappa shape index (κ3) is 3.48. The summed E-state index contributed by atoms with van der Waals surface area (Å²) in [5.41, 5.74) is 6.59. The number of halogens is 4. The van der Waals surface area contributed by atoms with Gasteiger partial charge in [0, 0.05) is 17.3 Å². The molecule has 8 heteroatoms. The van der Waals surface area contributed by atoms with Crippen LogP contribution in [0.4, 0.5) is 17.6 Å². The Labute approximate surface area is 118 Å². The summed E-state index contributed by atoms with van der Waals surface area (Å²) >= 11 is 1.39. The van der Waals surface area contributed by atoms with Crippen molar-refractivity contribution >= 4 is 11.3 Å². The second-order valence-corrected chi connectivity index (χ2v) is 5.96. The Morgan fingerprint density at radius 3 is 2.85 bits per heavy atom. The normalized spacial score (nSPS) is 19.4. The van der Waals surface area contributed by atoms with Crippen molar-refractivity contribution in [2.75, 3.05) is 13.2 Å². The van der Waals surface area contributed by atoms with E-state index in [0.29, 0.717) is 11.6 Å². The molecule has 2 N–H and O–H groups in total. The lowest BCUT2D eigenvalue weighted by Gasteiger charge is -2.18. The number of aryl methyl sites for hydroxylation is 1. The number of rotatable bonds is 6. The van der Waals surface area contributed by atoms with Crippen LogP contribution in [0.25, 0.3) is 0 Å². The fraction of sp³-hybridized carbons (Fsp3) is 0.750. The van der Waals surface area contributed by atoms with Crippen LogP contribution in [0.3, 0.4) is 0 Å². The summed E-state index contributed by atoms with van der Waals surface area (Å²) in [4.78, 5) is 5.45. The van der Waals surface area contributed by atoms with E-state index in [2.05, 4.69) is 9.72 Å². The molecule has 1 atom stereocenters. The lowest BCUT2D eigenvalue weighted by atomic mass is 9.91. The predicted octanol–water partition coefficient (Wildman–Crippen LogP) is 2.94. The summed E-state index contributed by atoms with van der Waals surface area (Å²) in [5, 5.41) is 0.542. The Morgan fingerprint density at radius 2 is 2.20 bits per heavy atom. The highest BCUT2D eigenvalue weighted by Gasteiger charge is 2.41. The number of thiazole rings is 1. The Kier molecular flexibility index (Phi) is 4.98. The van der Waals surface area contributed by atoms with Crippen molar-refractivity contribution < 1.29 is 22.3 Å². The highest BCUT2D eigenvalue weighted by Crippen LogP contribution is 2.34. The zero-order valence-electron chi connectivity index (χ0n) is 10.8. The fourth-order valence-electron chi connectivity index (χ4n) is 2.19. The molecule has 1 aromatic rings.